The highest BCUT2D eigenvalue weighted by molar-refractivity contribution is 6.08. The summed E-state index contributed by atoms with van der Waals surface area (Å²) in [5.41, 5.74) is 5.09. The van der Waals surface area contributed by atoms with Gasteiger partial charge in [0.05, 0.1) is 6.61 Å². The number of aromatic amines is 1. The van der Waals surface area contributed by atoms with Gasteiger partial charge < -0.3 is 15.4 Å². The summed E-state index contributed by atoms with van der Waals surface area (Å²) in [5, 5.41) is 0. The fourth-order valence-corrected chi connectivity index (χ4v) is 2.98. The molecule has 0 saturated carbocycles. The van der Waals surface area contributed by atoms with Crippen LogP contribution in [0.1, 0.15) is 45.0 Å². The van der Waals surface area contributed by atoms with Crippen LogP contribution in [0.25, 0.3) is 0 Å². The van der Waals surface area contributed by atoms with Crippen molar-refractivity contribution in [3.8, 4) is 5.88 Å². The maximum absolute atomic E-state index is 13.4. The minimum Gasteiger partial charge on any atom is -0.477 e. The van der Waals surface area contributed by atoms with Crippen molar-refractivity contribution in [2.24, 2.45) is 11.8 Å². The third-order valence-electron chi connectivity index (χ3n) is 4.11. The number of amides is 1. The first-order valence-corrected chi connectivity index (χ1v) is 9.69. The fraction of sp³-hybridized carbons (Fsp3) is 0.500. The van der Waals surface area contributed by atoms with E-state index in [1.165, 1.54) is 15.7 Å². The molecule has 0 saturated heterocycles. The molecule has 0 aliphatic rings. The van der Waals surface area contributed by atoms with Gasteiger partial charge >= 0.3 is 5.69 Å². The highest BCUT2D eigenvalue weighted by atomic mass is 16.5. The molecule has 2 rings (SSSR count). The molecule has 0 spiro atoms. The number of carbonyl (C=O) groups excluding carboxylic acids is 1. The third-order valence-corrected chi connectivity index (χ3v) is 4.11. The molecule has 1 amide bonds. The van der Waals surface area contributed by atoms with Crippen molar-refractivity contribution in [3.63, 3.8) is 0 Å². The molecule has 0 aliphatic carbocycles. The van der Waals surface area contributed by atoms with Gasteiger partial charge in [-0.15, -0.1) is 0 Å². The normalized spacial score (nSPS) is 11.1. The van der Waals surface area contributed by atoms with Crippen molar-refractivity contribution in [1.29, 1.82) is 0 Å². The Balaban J connectivity index is 2.67. The second-order valence-electron chi connectivity index (χ2n) is 7.60. The van der Waals surface area contributed by atoms with Crippen molar-refractivity contribution in [2.75, 3.05) is 23.8 Å². The number of hydrogen-bond donors (Lipinski definition) is 2. The third kappa shape index (κ3) is 5.04. The van der Waals surface area contributed by atoms with Crippen molar-refractivity contribution < 1.29 is 9.53 Å². The number of pyridine rings is 1. The Morgan fingerprint density at radius 2 is 1.97 bits per heavy atom. The van der Waals surface area contributed by atoms with Crippen LogP contribution in [0.5, 0.6) is 5.88 Å². The molecular formula is C20H29N5O4. The lowest BCUT2D eigenvalue weighted by Gasteiger charge is -2.26. The van der Waals surface area contributed by atoms with Crippen LogP contribution in [0.15, 0.2) is 27.9 Å². The van der Waals surface area contributed by atoms with Gasteiger partial charge in [0.2, 0.25) is 5.88 Å². The molecule has 3 N–H and O–H groups in total. The average molecular weight is 403 g/mol. The summed E-state index contributed by atoms with van der Waals surface area (Å²) in [6.45, 7) is 10.4. The van der Waals surface area contributed by atoms with Crippen LogP contribution in [0.4, 0.5) is 11.5 Å². The summed E-state index contributed by atoms with van der Waals surface area (Å²) < 4.78 is 6.76. The number of anilines is 2. The van der Waals surface area contributed by atoms with Gasteiger partial charge in [0, 0.05) is 19.3 Å². The largest absolute Gasteiger partial charge is 0.477 e. The molecule has 0 unspecified atom stereocenters. The molecule has 2 aromatic rings. The zero-order valence-electron chi connectivity index (χ0n) is 17.6. The highest BCUT2D eigenvalue weighted by Gasteiger charge is 2.28. The predicted molar refractivity (Wildman–Crippen MR) is 112 cm³/mol. The van der Waals surface area contributed by atoms with Gasteiger partial charge in [-0.1, -0.05) is 27.7 Å². The Hall–Kier alpha value is -3.10. The highest BCUT2D eigenvalue weighted by Crippen LogP contribution is 2.24. The van der Waals surface area contributed by atoms with E-state index in [1.54, 1.807) is 19.1 Å². The van der Waals surface area contributed by atoms with Crippen LogP contribution < -0.4 is 26.6 Å². The van der Waals surface area contributed by atoms with Gasteiger partial charge in [-0.25, -0.2) is 9.78 Å². The minimum absolute atomic E-state index is 0.0374. The predicted octanol–water partition coefficient (Wildman–Crippen LogP) is 1.87. The quantitative estimate of drug-likeness (QED) is 0.693. The first-order valence-electron chi connectivity index (χ1n) is 9.69. The number of hydrogen-bond acceptors (Lipinski definition) is 6. The summed E-state index contributed by atoms with van der Waals surface area (Å²) in [5.74, 6) is -0.175. The summed E-state index contributed by atoms with van der Waals surface area (Å²) in [6.07, 6.45) is 1.53. The summed E-state index contributed by atoms with van der Waals surface area (Å²) in [6, 6.07) is 3.21. The van der Waals surface area contributed by atoms with Crippen molar-refractivity contribution in [3.05, 3.63) is 44.7 Å². The summed E-state index contributed by atoms with van der Waals surface area (Å²) >= 11 is 0. The Morgan fingerprint density at radius 3 is 2.55 bits per heavy atom. The maximum atomic E-state index is 13.4. The lowest BCUT2D eigenvalue weighted by Crippen LogP contribution is -2.43. The number of carbonyl (C=O) groups is 1. The Bertz CT molecular complexity index is 978. The lowest BCUT2D eigenvalue weighted by atomic mass is 10.1. The van der Waals surface area contributed by atoms with Gasteiger partial charge in [-0.05, 0) is 30.9 Å². The molecule has 2 heterocycles. The second kappa shape index (κ2) is 9.40. The van der Waals surface area contributed by atoms with Crippen LogP contribution in [0.3, 0.4) is 0 Å². The first-order chi connectivity index (χ1) is 13.7. The van der Waals surface area contributed by atoms with Crippen molar-refractivity contribution in [2.45, 2.75) is 41.2 Å². The van der Waals surface area contributed by atoms with Crippen molar-refractivity contribution in [1.82, 2.24) is 14.5 Å². The van der Waals surface area contributed by atoms with Gasteiger partial charge in [0.1, 0.15) is 11.4 Å². The van der Waals surface area contributed by atoms with Gasteiger partial charge in [-0.2, -0.15) is 0 Å². The molecule has 2 aromatic heterocycles. The number of nitrogens with zero attached hydrogens (tertiary/aromatic N) is 3. The lowest BCUT2D eigenvalue weighted by molar-refractivity contribution is 0.0979. The first kappa shape index (κ1) is 22.2. The molecule has 0 aromatic carbocycles. The second-order valence-corrected chi connectivity index (χ2v) is 7.60. The van der Waals surface area contributed by atoms with Gasteiger partial charge in [0.25, 0.3) is 11.5 Å². The number of nitrogens with one attached hydrogen (secondary N) is 1. The van der Waals surface area contributed by atoms with E-state index in [0.29, 0.717) is 13.2 Å². The number of aromatic nitrogens is 3. The van der Waals surface area contributed by atoms with Crippen LogP contribution in [0.2, 0.25) is 0 Å². The topological polar surface area (TPSA) is 123 Å². The SMILES string of the molecule is CCOc1ncccc1C(=O)N(CC(C)C)c1c(N)n(CC(C)C)c(=O)[nH]c1=O. The monoisotopic (exact) mass is 403 g/mol. The van der Waals surface area contributed by atoms with Gasteiger partial charge in [-0.3, -0.25) is 19.1 Å². The molecule has 9 heteroatoms. The Morgan fingerprint density at radius 1 is 1.28 bits per heavy atom. The van der Waals surface area contributed by atoms with Crippen LogP contribution in [-0.4, -0.2) is 33.6 Å². The average Bonchev–Trinajstić information content (AvgIpc) is 2.64. The van der Waals surface area contributed by atoms with E-state index in [-0.39, 0.29) is 41.3 Å². The standard InChI is InChI=1S/C20H29N5O4/c1-6-29-18-14(8-7-9-22-18)19(27)24(10-12(2)3)15-16(21)25(11-13(4)5)20(28)23-17(15)26/h7-9,12-13H,6,10-11,21H2,1-5H3,(H,23,26,28). The molecular weight excluding hydrogens is 374 g/mol. The molecule has 0 bridgehead atoms. The van der Waals surface area contributed by atoms with Crippen LogP contribution in [-0.2, 0) is 6.54 Å². The summed E-state index contributed by atoms with van der Waals surface area (Å²) in [4.78, 5) is 46.1. The molecule has 0 radical (unpaired) electrons. The smallest absolute Gasteiger partial charge is 0.330 e. The molecule has 0 atom stereocenters. The number of ether oxygens (including phenoxy) is 1. The van der Waals surface area contributed by atoms with Crippen LogP contribution in [0, 0.1) is 11.8 Å². The summed E-state index contributed by atoms with van der Waals surface area (Å²) in [7, 11) is 0. The van der Waals surface area contributed by atoms with E-state index in [4.69, 9.17) is 10.5 Å². The van der Waals surface area contributed by atoms with E-state index in [0.717, 1.165) is 0 Å². The number of nitrogens with two attached hydrogens (primary N) is 1. The van der Waals surface area contributed by atoms with Gasteiger partial charge in [0.15, 0.2) is 5.69 Å². The van der Waals surface area contributed by atoms with Crippen molar-refractivity contribution >= 4 is 17.4 Å². The van der Waals surface area contributed by atoms with E-state index in [2.05, 4.69) is 9.97 Å². The van der Waals surface area contributed by atoms with E-state index < -0.39 is 17.2 Å². The minimum atomic E-state index is -0.705. The number of nitrogen functional groups attached to an aromatic ring is 1. The molecule has 9 nitrogen and oxygen atoms in total. The molecule has 0 aliphatic heterocycles. The Kier molecular flexibility index (Phi) is 7.19. The maximum Gasteiger partial charge on any atom is 0.330 e. The van der Waals surface area contributed by atoms with Crippen LogP contribution >= 0.6 is 0 Å². The molecule has 29 heavy (non-hydrogen) atoms. The number of rotatable bonds is 8. The van der Waals surface area contributed by atoms with E-state index in [9.17, 15) is 14.4 Å². The number of H-pyrrole nitrogens is 1. The zero-order chi connectivity index (χ0) is 21.7. The Labute approximate surface area is 169 Å². The van der Waals surface area contributed by atoms with E-state index >= 15 is 0 Å². The molecule has 0 fully saturated rings. The fourth-order valence-electron chi connectivity index (χ4n) is 2.98. The zero-order valence-corrected chi connectivity index (χ0v) is 17.6. The van der Waals surface area contributed by atoms with E-state index in [1.807, 2.05) is 27.7 Å². The molecule has 158 valence electrons.